The summed E-state index contributed by atoms with van der Waals surface area (Å²) < 4.78 is 5.69. The van der Waals surface area contributed by atoms with E-state index in [-0.39, 0.29) is 0 Å². The average molecular weight is 270 g/mol. The molecule has 1 N–H and O–H groups in total. The minimum Gasteiger partial charge on any atom is -0.493 e. The summed E-state index contributed by atoms with van der Waals surface area (Å²) in [4.78, 5) is 0. The van der Waals surface area contributed by atoms with Crippen LogP contribution in [0.3, 0.4) is 0 Å². The fourth-order valence-corrected chi connectivity index (χ4v) is 2.60. The van der Waals surface area contributed by atoms with E-state index < -0.39 is 5.60 Å². The molecule has 0 fully saturated rings. The molecule has 20 heavy (non-hydrogen) atoms. The van der Waals surface area contributed by atoms with Gasteiger partial charge in [-0.1, -0.05) is 61.9 Å². The molecule has 2 aromatic carbocycles. The van der Waals surface area contributed by atoms with E-state index in [2.05, 4.69) is 6.92 Å². The van der Waals surface area contributed by atoms with E-state index in [4.69, 9.17) is 4.74 Å². The Morgan fingerprint density at radius 1 is 0.950 bits per heavy atom. The summed E-state index contributed by atoms with van der Waals surface area (Å²) in [7, 11) is 0. The summed E-state index contributed by atoms with van der Waals surface area (Å²) in [5.41, 5.74) is 0.755. The zero-order chi connectivity index (χ0) is 14.4. The zero-order valence-electron chi connectivity index (χ0n) is 12.2. The first-order chi connectivity index (χ1) is 9.72. The van der Waals surface area contributed by atoms with Crippen LogP contribution < -0.4 is 4.74 Å². The largest absolute Gasteiger partial charge is 0.493 e. The second kappa shape index (κ2) is 6.58. The first-order valence-electron chi connectivity index (χ1n) is 7.22. The smallest absolute Gasteiger partial charge is 0.125 e. The highest BCUT2D eigenvalue weighted by molar-refractivity contribution is 5.44. The van der Waals surface area contributed by atoms with Gasteiger partial charge < -0.3 is 9.84 Å². The van der Waals surface area contributed by atoms with Crippen LogP contribution in [0.4, 0.5) is 0 Å². The monoisotopic (exact) mass is 270 g/mol. The molecule has 0 saturated heterocycles. The standard InChI is InChI=1S/C18H22O2/c1-3-14-18(19,15-10-6-5-7-11-15)16-12-8-9-13-17(16)20-4-2/h5-13,19H,3-4,14H2,1-2H3. The van der Waals surface area contributed by atoms with Crippen molar-refractivity contribution in [3.63, 3.8) is 0 Å². The van der Waals surface area contributed by atoms with Crippen molar-refractivity contribution >= 4 is 0 Å². The quantitative estimate of drug-likeness (QED) is 0.855. The lowest BCUT2D eigenvalue weighted by Crippen LogP contribution is -2.27. The Morgan fingerprint density at radius 3 is 2.25 bits per heavy atom. The van der Waals surface area contributed by atoms with Gasteiger partial charge in [0.2, 0.25) is 0 Å². The Kier molecular flexibility index (Phi) is 4.80. The van der Waals surface area contributed by atoms with Crippen LogP contribution >= 0.6 is 0 Å². The van der Waals surface area contributed by atoms with Crippen LogP contribution in [-0.4, -0.2) is 11.7 Å². The molecule has 0 radical (unpaired) electrons. The van der Waals surface area contributed by atoms with Gasteiger partial charge in [0.15, 0.2) is 0 Å². The summed E-state index contributed by atoms with van der Waals surface area (Å²) in [6.07, 6.45) is 1.56. The molecule has 0 bridgehead atoms. The van der Waals surface area contributed by atoms with E-state index >= 15 is 0 Å². The second-order valence-corrected chi connectivity index (χ2v) is 4.91. The molecular weight excluding hydrogens is 248 g/mol. The molecule has 2 aromatic rings. The Labute approximate surface area is 121 Å². The third-order valence-electron chi connectivity index (χ3n) is 3.50. The van der Waals surface area contributed by atoms with Crippen molar-refractivity contribution in [2.24, 2.45) is 0 Å². The van der Waals surface area contributed by atoms with Gasteiger partial charge in [0.25, 0.3) is 0 Å². The number of benzene rings is 2. The highest BCUT2D eigenvalue weighted by Crippen LogP contribution is 2.39. The molecule has 2 heteroatoms. The minimum absolute atomic E-state index is 0.591. The average Bonchev–Trinajstić information content (AvgIpc) is 2.49. The third-order valence-corrected chi connectivity index (χ3v) is 3.50. The molecule has 1 atom stereocenters. The Hall–Kier alpha value is -1.80. The van der Waals surface area contributed by atoms with E-state index in [1.165, 1.54) is 0 Å². The van der Waals surface area contributed by atoms with Gasteiger partial charge in [-0.15, -0.1) is 0 Å². The van der Waals surface area contributed by atoms with Gasteiger partial charge in [-0.05, 0) is 25.0 Å². The van der Waals surface area contributed by atoms with Crippen LogP contribution in [-0.2, 0) is 5.60 Å². The third kappa shape index (κ3) is 2.86. The molecule has 0 aromatic heterocycles. The van der Waals surface area contributed by atoms with E-state index in [9.17, 15) is 5.11 Å². The number of ether oxygens (including phenoxy) is 1. The van der Waals surface area contributed by atoms with Crippen molar-refractivity contribution in [2.75, 3.05) is 6.61 Å². The molecule has 2 rings (SSSR count). The predicted octanol–water partition coefficient (Wildman–Crippen LogP) is 4.12. The first kappa shape index (κ1) is 14.6. The molecule has 1 unspecified atom stereocenters. The molecular formula is C18H22O2. The molecule has 2 nitrogen and oxygen atoms in total. The van der Waals surface area contributed by atoms with E-state index in [1.807, 2.05) is 61.5 Å². The number of hydrogen-bond donors (Lipinski definition) is 1. The molecule has 0 aliphatic heterocycles. The van der Waals surface area contributed by atoms with E-state index in [1.54, 1.807) is 0 Å². The molecule has 0 amide bonds. The van der Waals surface area contributed by atoms with Crippen molar-refractivity contribution < 1.29 is 9.84 Å². The summed E-state index contributed by atoms with van der Waals surface area (Å²) in [6, 6.07) is 17.6. The lowest BCUT2D eigenvalue weighted by atomic mass is 9.82. The van der Waals surface area contributed by atoms with Gasteiger partial charge in [0.1, 0.15) is 11.4 Å². The van der Waals surface area contributed by atoms with Crippen molar-refractivity contribution in [1.29, 1.82) is 0 Å². The number of rotatable bonds is 6. The Morgan fingerprint density at radius 2 is 1.60 bits per heavy atom. The summed E-state index contributed by atoms with van der Waals surface area (Å²) in [6.45, 7) is 4.63. The van der Waals surface area contributed by atoms with Crippen molar-refractivity contribution in [1.82, 2.24) is 0 Å². The molecule has 0 aliphatic rings. The lowest BCUT2D eigenvalue weighted by molar-refractivity contribution is 0.0668. The van der Waals surface area contributed by atoms with Gasteiger partial charge in [-0.25, -0.2) is 0 Å². The Bertz CT molecular complexity index is 536. The SMILES string of the molecule is CCCC(O)(c1ccccc1)c1ccccc1OCC. The molecule has 0 aliphatic carbocycles. The van der Waals surface area contributed by atoms with Gasteiger partial charge in [0, 0.05) is 5.56 Å². The number of hydrogen-bond acceptors (Lipinski definition) is 2. The lowest BCUT2D eigenvalue weighted by Gasteiger charge is -2.30. The number of aliphatic hydroxyl groups is 1. The van der Waals surface area contributed by atoms with Crippen LogP contribution in [0.1, 0.15) is 37.8 Å². The van der Waals surface area contributed by atoms with Crippen LogP contribution in [0, 0.1) is 0 Å². The highest BCUT2D eigenvalue weighted by Gasteiger charge is 2.33. The van der Waals surface area contributed by atoms with Crippen molar-refractivity contribution in [3.05, 3.63) is 65.7 Å². The number of para-hydroxylation sites is 1. The zero-order valence-corrected chi connectivity index (χ0v) is 12.2. The fourth-order valence-electron chi connectivity index (χ4n) is 2.60. The molecule has 106 valence electrons. The summed E-state index contributed by atoms with van der Waals surface area (Å²) >= 11 is 0. The maximum Gasteiger partial charge on any atom is 0.125 e. The molecule has 0 saturated carbocycles. The molecule has 0 spiro atoms. The van der Waals surface area contributed by atoms with Crippen LogP contribution in [0.2, 0.25) is 0 Å². The Balaban J connectivity index is 2.53. The maximum atomic E-state index is 11.3. The normalized spacial score (nSPS) is 13.8. The van der Waals surface area contributed by atoms with Crippen LogP contribution in [0.25, 0.3) is 0 Å². The van der Waals surface area contributed by atoms with E-state index in [0.717, 1.165) is 23.3 Å². The van der Waals surface area contributed by atoms with Gasteiger partial charge >= 0.3 is 0 Å². The minimum atomic E-state index is -0.998. The van der Waals surface area contributed by atoms with Crippen LogP contribution in [0.15, 0.2) is 54.6 Å². The first-order valence-corrected chi connectivity index (χ1v) is 7.22. The van der Waals surface area contributed by atoms with E-state index in [0.29, 0.717) is 13.0 Å². The summed E-state index contributed by atoms with van der Waals surface area (Å²) in [5.74, 6) is 0.759. The second-order valence-electron chi connectivity index (χ2n) is 4.91. The van der Waals surface area contributed by atoms with Gasteiger partial charge in [-0.3, -0.25) is 0 Å². The predicted molar refractivity (Wildman–Crippen MR) is 82.0 cm³/mol. The van der Waals surface area contributed by atoms with Crippen LogP contribution in [0.5, 0.6) is 5.75 Å². The van der Waals surface area contributed by atoms with Gasteiger partial charge in [0.05, 0.1) is 6.61 Å². The maximum absolute atomic E-state index is 11.3. The fraction of sp³-hybridized carbons (Fsp3) is 0.333. The molecule has 0 heterocycles. The highest BCUT2D eigenvalue weighted by atomic mass is 16.5. The topological polar surface area (TPSA) is 29.5 Å². The van der Waals surface area contributed by atoms with Crippen molar-refractivity contribution in [2.45, 2.75) is 32.3 Å². The van der Waals surface area contributed by atoms with Crippen molar-refractivity contribution in [3.8, 4) is 5.75 Å². The summed E-state index contributed by atoms with van der Waals surface area (Å²) in [5, 5.41) is 11.3. The van der Waals surface area contributed by atoms with Gasteiger partial charge in [-0.2, -0.15) is 0 Å².